The quantitative estimate of drug-likeness (QED) is 0.802. The maximum Gasteiger partial charge on any atom is 0.310 e. The zero-order chi connectivity index (χ0) is 18.1. The van der Waals surface area contributed by atoms with Crippen molar-refractivity contribution in [1.29, 1.82) is 0 Å². The first kappa shape index (κ1) is 18.8. The minimum Gasteiger partial charge on any atom is -0.496 e. The summed E-state index contributed by atoms with van der Waals surface area (Å²) in [6.45, 7) is 10.6. The fraction of sp³-hybridized carbons (Fsp3) is 0.667. The van der Waals surface area contributed by atoms with Crippen LogP contribution >= 0.6 is 0 Å². The first-order chi connectivity index (χ1) is 11.1. The van der Waals surface area contributed by atoms with Crippen LogP contribution in [0.5, 0.6) is 5.75 Å². The van der Waals surface area contributed by atoms with E-state index in [0.29, 0.717) is 0 Å². The lowest BCUT2D eigenvalue weighted by Crippen LogP contribution is -2.28. The molecule has 2 rings (SSSR count). The second kappa shape index (κ2) is 6.78. The second-order valence-electron chi connectivity index (χ2n) is 8.58. The molecule has 1 saturated carbocycles. The summed E-state index contributed by atoms with van der Waals surface area (Å²) in [5.74, 6) is -0.337. The molecule has 1 unspecified atom stereocenters. The van der Waals surface area contributed by atoms with Crippen LogP contribution in [0, 0.1) is 0 Å². The summed E-state index contributed by atoms with van der Waals surface area (Å²) >= 11 is 0. The van der Waals surface area contributed by atoms with E-state index in [4.69, 9.17) is 4.74 Å². The number of benzene rings is 1. The fourth-order valence-electron chi connectivity index (χ4n) is 3.87. The number of carbonyl (C=O) groups is 1. The molecule has 1 fully saturated rings. The number of hydrogen-bond acceptors (Lipinski definition) is 2. The Hall–Kier alpha value is -1.51. The molecule has 0 heterocycles. The molecule has 0 aromatic heterocycles. The Kier molecular flexibility index (Phi) is 5.31. The van der Waals surface area contributed by atoms with Crippen molar-refractivity contribution in [3.8, 4) is 5.75 Å². The first-order valence-electron chi connectivity index (χ1n) is 9.06. The molecule has 3 nitrogen and oxygen atoms in total. The molecule has 1 aliphatic carbocycles. The summed E-state index contributed by atoms with van der Waals surface area (Å²) in [5, 5.41) is 9.49. The molecule has 1 aromatic rings. The van der Waals surface area contributed by atoms with Crippen molar-refractivity contribution >= 4 is 5.97 Å². The number of methoxy groups -OCH3 is 1. The van der Waals surface area contributed by atoms with Crippen LogP contribution in [0.1, 0.15) is 89.3 Å². The molecule has 1 atom stereocenters. The molecule has 1 aromatic carbocycles. The maximum atomic E-state index is 11.6. The van der Waals surface area contributed by atoms with Gasteiger partial charge in [-0.15, -0.1) is 0 Å². The Bertz CT molecular complexity index is 604. The lowest BCUT2D eigenvalue weighted by Gasteiger charge is -2.37. The summed E-state index contributed by atoms with van der Waals surface area (Å²) in [5.41, 5.74) is 3.16. The third-order valence-corrected chi connectivity index (χ3v) is 5.60. The van der Waals surface area contributed by atoms with Gasteiger partial charge in [0.2, 0.25) is 0 Å². The van der Waals surface area contributed by atoms with Crippen LogP contribution in [0.3, 0.4) is 0 Å². The largest absolute Gasteiger partial charge is 0.496 e. The van der Waals surface area contributed by atoms with Crippen LogP contribution < -0.4 is 4.74 Å². The minimum atomic E-state index is -0.778. The topological polar surface area (TPSA) is 46.5 Å². The van der Waals surface area contributed by atoms with Gasteiger partial charge < -0.3 is 9.84 Å². The third-order valence-electron chi connectivity index (χ3n) is 5.60. The zero-order valence-electron chi connectivity index (χ0n) is 16.0. The number of rotatable bonds is 4. The van der Waals surface area contributed by atoms with Gasteiger partial charge in [0.15, 0.2) is 0 Å². The molecule has 3 heteroatoms. The van der Waals surface area contributed by atoms with Crippen LogP contribution in [-0.4, -0.2) is 18.2 Å². The smallest absolute Gasteiger partial charge is 0.310 e. The van der Waals surface area contributed by atoms with Crippen molar-refractivity contribution < 1.29 is 14.6 Å². The second-order valence-corrected chi connectivity index (χ2v) is 8.58. The molecule has 24 heavy (non-hydrogen) atoms. The predicted octanol–water partition coefficient (Wildman–Crippen LogP) is 5.40. The van der Waals surface area contributed by atoms with E-state index >= 15 is 0 Å². The van der Waals surface area contributed by atoms with E-state index in [1.54, 1.807) is 14.0 Å². The molecule has 1 aliphatic rings. The predicted molar refractivity (Wildman–Crippen MR) is 98.2 cm³/mol. The van der Waals surface area contributed by atoms with Gasteiger partial charge >= 0.3 is 5.97 Å². The van der Waals surface area contributed by atoms with E-state index in [1.165, 1.54) is 24.8 Å². The third kappa shape index (κ3) is 3.60. The molecule has 0 aliphatic heterocycles. The van der Waals surface area contributed by atoms with Gasteiger partial charge in [0.1, 0.15) is 5.75 Å². The molecule has 0 saturated heterocycles. The summed E-state index contributed by atoms with van der Waals surface area (Å²) in [6.07, 6.45) is 6.01. The van der Waals surface area contributed by atoms with Gasteiger partial charge in [-0.1, -0.05) is 59.1 Å². The van der Waals surface area contributed by atoms with Crippen molar-refractivity contribution in [2.45, 2.75) is 83.5 Å². The lowest BCUT2D eigenvalue weighted by molar-refractivity contribution is -0.138. The normalized spacial score (nSPS) is 18.9. The highest BCUT2D eigenvalue weighted by Crippen LogP contribution is 2.47. The lowest BCUT2D eigenvalue weighted by atomic mass is 9.68. The van der Waals surface area contributed by atoms with E-state index < -0.39 is 11.9 Å². The molecule has 0 radical (unpaired) electrons. The van der Waals surface area contributed by atoms with Gasteiger partial charge in [-0.05, 0) is 36.2 Å². The molecule has 0 spiro atoms. The zero-order valence-corrected chi connectivity index (χ0v) is 16.0. The van der Waals surface area contributed by atoms with Crippen LogP contribution in [0.25, 0.3) is 0 Å². The first-order valence-corrected chi connectivity index (χ1v) is 9.06. The number of hydrogen-bond donors (Lipinski definition) is 1. The highest BCUT2D eigenvalue weighted by Gasteiger charge is 2.35. The van der Waals surface area contributed by atoms with E-state index in [1.807, 2.05) is 6.07 Å². The van der Waals surface area contributed by atoms with E-state index in [9.17, 15) is 9.90 Å². The number of carboxylic acid groups (broad SMARTS) is 1. The van der Waals surface area contributed by atoms with E-state index in [0.717, 1.165) is 29.7 Å². The Balaban J connectivity index is 2.71. The van der Waals surface area contributed by atoms with Crippen molar-refractivity contribution in [2.75, 3.05) is 7.11 Å². The van der Waals surface area contributed by atoms with Crippen molar-refractivity contribution in [2.24, 2.45) is 0 Å². The Morgan fingerprint density at radius 2 is 1.79 bits per heavy atom. The van der Waals surface area contributed by atoms with E-state index in [2.05, 4.69) is 33.8 Å². The van der Waals surface area contributed by atoms with Crippen molar-refractivity contribution in [3.05, 3.63) is 28.8 Å². The van der Waals surface area contributed by atoms with Crippen LogP contribution in [-0.2, 0) is 15.6 Å². The molecular weight excluding hydrogens is 300 g/mol. The van der Waals surface area contributed by atoms with Gasteiger partial charge in [-0.2, -0.15) is 0 Å². The number of ether oxygens (including phenoxy) is 1. The summed E-state index contributed by atoms with van der Waals surface area (Å²) in [4.78, 5) is 11.6. The molecule has 1 N–H and O–H groups in total. The van der Waals surface area contributed by atoms with Crippen LogP contribution in [0.4, 0.5) is 0 Å². The summed E-state index contributed by atoms with van der Waals surface area (Å²) in [7, 11) is 1.74. The van der Waals surface area contributed by atoms with Gasteiger partial charge in [-0.25, -0.2) is 0 Å². The molecular formula is C21H32O3. The molecule has 0 bridgehead atoms. The Labute approximate surface area is 146 Å². The Morgan fingerprint density at radius 3 is 2.25 bits per heavy atom. The average molecular weight is 332 g/mol. The van der Waals surface area contributed by atoms with Gasteiger partial charge in [0.25, 0.3) is 0 Å². The SMILES string of the molecule is COc1c(C(C)(C)C)cc(C(C)C(=O)O)cc1C1(C)CCCCC1. The van der Waals surface area contributed by atoms with Gasteiger partial charge in [0, 0.05) is 11.1 Å². The molecule has 0 amide bonds. The van der Waals surface area contributed by atoms with Crippen molar-refractivity contribution in [1.82, 2.24) is 0 Å². The standard InChI is InChI=1S/C21H32O3/c1-14(19(22)23)15-12-16(20(2,3)4)18(24-6)17(13-15)21(5)10-8-7-9-11-21/h12-14H,7-11H2,1-6H3,(H,22,23). The van der Waals surface area contributed by atoms with E-state index in [-0.39, 0.29) is 10.8 Å². The summed E-state index contributed by atoms with van der Waals surface area (Å²) < 4.78 is 5.87. The fourth-order valence-corrected chi connectivity index (χ4v) is 3.87. The van der Waals surface area contributed by atoms with Gasteiger partial charge in [0.05, 0.1) is 13.0 Å². The van der Waals surface area contributed by atoms with Crippen LogP contribution in [0.15, 0.2) is 12.1 Å². The van der Waals surface area contributed by atoms with Crippen LogP contribution in [0.2, 0.25) is 0 Å². The van der Waals surface area contributed by atoms with Crippen molar-refractivity contribution in [3.63, 3.8) is 0 Å². The number of aliphatic carboxylic acids is 1. The molecule has 134 valence electrons. The summed E-state index contributed by atoms with van der Waals surface area (Å²) in [6, 6.07) is 4.13. The Morgan fingerprint density at radius 1 is 1.21 bits per heavy atom. The maximum absolute atomic E-state index is 11.6. The highest BCUT2D eigenvalue weighted by molar-refractivity contribution is 5.76. The number of carboxylic acids is 1. The average Bonchev–Trinajstić information content (AvgIpc) is 2.52. The monoisotopic (exact) mass is 332 g/mol. The highest BCUT2D eigenvalue weighted by atomic mass is 16.5. The minimum absolute atomic E-state index is 0.0673. The van der Waals surface area contributed by atoms with Gasteiger partial charge in [-0.3, -0.25) is 4.79 Å².